The third kappa shape index (κ3) is 7.34. The number of rotatable bonds is 6. The van der Waals surface area contributed by atoms with E-state index in [-0.39, 0.29) is 36.4 Å². The minimum absolute atomic E-state index is 0. The first-order valence-corrected chi connectivity index (χ1v) is 8.45. The summed E-state index contributed by atoms with van der Waals surface area (Å²) < 4.78 is 0. The van der Waals surface area contributed by atoms with E-state index in [4.69, 9.17) is 0 Å². The summed E-state index contributed by atoms with van der Waals surface area (Å²) in [5.74, 6) is 0.726. The van der Waals surface area contributed by atoms with Crippen LogP contribution in [0.1, 0.15) is 17.7 Å². The van der Waals surface area contributed by atoms with Gasteiger partial charge in [0.1, 0.15) is 6.54 Å². The lowest BCUT2D eigenvalue weighted by atomic mass is 10.2. The van der Waals surface area contributed by atoms with Gasteiger partial charge in [0.25, 0.3) is 0 Å². The number of guanidine groups is 1. The second-order valence-electron chi connectivity index (χ2n) is 5.49. The summed E-state index contributed by atoms with van der Waals surface area (Å²) in [7, 11) is 3.49. The molecule has 0 radical (unpaired) electrons. The topological polar surface area (TPSA) is 56.7 Å². The fourth-order valence-corrected chi connectivity index (χ4v) is 2.84. The van der Waals surface area contributed by atoms with Crippen LogP contribution in [0, 0.1) is 0 Å². The highest BCUT2D eigenvalue weighted by Gasteiger charge is 2.12. The van der Waals surface area contributed by atoms with Crippen molar-refractivity contribution >= 4 is 47.2 Å². The Morgan fingerprint density at radius 1 is 1.39 bits per heavy atom. The molecule has 2 N–H and O–H groups in total. The van der Waals surface area contributed by atoms with Crippen LogP contribution in [0.4, 0.5) is 0 Å². The second kappa shape index (κ2) is 10.6. The Kier molecular flexibility index (Phi) is 9.23. The van der Waals surface area contributed by atoms with Crippen molar-refractivity contribution in [3.63, 3.8) is 0 Å². The lowest BCUT2D eigenvalue weighted by Crippen LogP contribution is -2.43. The third-order valence-electron chi connectivity index (χ3n) is 3.46. The van der Waals surface area contributed by atoms with Gasteiger partial charge in [-0.3, -0.25) is 4.79 Å². The number of aliphatic imine (C=N–C) groups is 1. The molecule has 0 unspecified atom stereocenters. The van der Waals surface area contributed by atoms with Crippen molar-refractivity contribution in [2.45, 2.75) is 25.3 Å². The molecule has 0 aliphatic heterocycles. The SMILES string of the molecule is CN(C)C(=O)CN=C(NCCc1cccs1)NC1CC=CC1.I. The van der Waals surface area contributed by atoms with Gasteiger partial charge < -0.3 is 15.5 Å². The smallest absolute Gasteiger partial charge is 0.243 e. The molecule has 0 bridgehead atoms. The molecule has 0 saturated carbocycles. The molecule has 128 valence electrons. The Morgan fingerprint density at radius 3 is 2.74 bits per heavy atom. The highest BCUT2D eigenvalue weighted by Crippen LogP contribution is 2.09. The number of amides is 1. The summed E-state index contributed by atoms with van der Waals surface area (Å²) in [6, 6.07) is 4.57. The zero-order valence-corrected chi connectivity index (χ0v) is 16.8. The van der Waals surface area contributed by atoms with E-state index in [1.807, 2.05) is 0 Å². The van der Waals surface area contributed by atoms with Gasteiger partial charge >= 0.3 is 0 Å². The molecule has 0 atom stereocenters. The van der Waals surface area contributed by atoms with E-state index in [9.17, 15) is 4.79 Å². The van der Waals surface area contributed by atoms with Crippen LogP contribution in [0.25, 0.3) is 0 Å². The third-order valence-corrected chi connectivity index (χ3v) is 4.40. The predicted molar refractivity (Wildman–Crippen MR) is 108 cm³/mol. The van der Waals surface area contributed by atoms with Crippen LogP contribution >= 0.6 is 35.3 Å². The largest absolute Gasteiger partial charge is 0.356 e. The molecule has 23 heavy (non-hydrogen) atoms. The van der Waals surface area contributed by atoms with Gasteiger partial charge in [0.2, 0.25) is 5.91 Å². The number of carbonyl (C=O) groups excluding carboxylic acids is 1. The zero-order valence-electron chi connectivity index (χ0n) is 13.6. The zero-order chi connectivity index (χ0) is 15.8. The van der Waals surface area contributed by atoms with Crippen LogP contribution in [0.2, 0.25) is 0 Å². The van der Waals surface area contributed by atoms with Gasteiger partial charge in [-0.1, -0.05) is 18.2 Å². The number of hydrogen-bond acceptors (Lipinski definition) is 3. The van der Waals surface area contributed by atoms with E-state index in [0.717, 1.165) is 31.8 Å². The second-order valence-corrected chi connectivity index (χ2v) is 6.53. The van der Waals surface area contributed by atoms with Crippen molar-refractivity contribution in [3.8, 4) is 0 Å². The van der Waals surface area contributed by atoms with Gasteiger partial charge in [0.15, 0.2) is 5.96 Å². The van der Waals surface area contributed by atoms with Gasteiger partial charge in [-0.15, -0.1) is 35.3 Å². The number of carbonyl (C=O) groups is 1. The lowest BCUT2D eigenvalue weighted by Gasteiger charge is -2.17. The molecule has 0 aromatic carbocycles. The molecule has 1 aliphatic carbocycles. The number of likely N-dealkylation sites (N-methyl/N-ethyl adjacent to an activating group) is 1. The maximum atomic E-state index is 11.7. The molecular formula is C16H25IN4OS. The van der Waals surface area contributed by atoms with Crippen molar-refractivity contribution in [1.82, 2.24) is 15.5 Å². The molecule has 1 amide bonds. The first-order valence-electron chi connectivity index (χ1n) is 7.57. The normalized spacial score (nSPS) is 14.4. The van der Waals surface area contributed by atoms with E-state index in [1.165, 1.54) is 4.88 Å². The molecule has 1 aromatic heterocycles. The van der Waals surface area contributed by atoms with Crippen molar-refractivity contribution in [2.24, 2.45) is 4.99 Å². The summed E-state index contributed by atoms with van der Waals surface area (Å²) >= 11 is 1.76. The standard InChI is InChI=1S/C16H24N4OS.HI/c1-20(2)15(21)12-18-16(19-13-6-3-4-7-13)17-10-9-14-8-5-11-22-14;/h3-5,8,11,13H,6-7,9-10,12H2,1-2H3,(H2,17,18,19);1H. The van der Waals surface area contributed by atoms with Crippen LogP contribution < -0.4 is 10.6 Å². The van der Waals surface area contributed by atoms with Crippen LogP contribution in [-0.2, 0) is 11.2 Å². The van der Waals surface area contributed by atoms with E-state index < -0.39 is 0 Å². The molecule has 1 heterocycles. The van der Waals surface area contributed by atoms with Crippen molar-refractivity contribution in [2.75, 3.05) is 27.2 Å². The monoisotopic (exact) mass is 448 g/mol. The van der Waals surface area contributed by atoms with Crippen LogP contribution in [0.5, 0.6) is 0 Å². The Balaban J connectivity index is 0.00000264. The number of thiophene rings is 1. The Labute approximate surface area is 159 Å². The van der Waals surface area contributed by atoms with Crippen LogP contribution in [0.15, 0.2) is 34.7 Å². The van der Waals surface area contributed by atoms with Crippen LogP contribution in [0.3, 0.4) is 0 Å². The average Bonchev–Trinajstić information content (AvgIpc) is 3.17. The van der Waals surface area contributed by atoms with E-state index in [2.05, 4.69) is 45.3 Å². The predicted octanol–water partition coefficient (Wildman–Crippen LogP) is 2.25. The van der Waals surface area contributed by atoms with Gasteiger partial charge in [-0.2, -0.15) is 0 Å². The van der Waals surface area contributed by atoms with Gasteiger partial charge in [-0.25, -0.2) is 4.99 Å². The van der Waals surface area contributed by atoms with Gasteiger partial charge in [-0.05, 0) is 30.7 Å². The summed E-state index contributed by atoms with van der Waals surface area (Å²) in [6.45, 7) is 0.976. The summed E-state index contributed by atoms with van der Waals surface area (Å²) in [5, 5.41) is 8.81. The van der Waals surface area contributed by atoms with E-state index in [1.54, 1.807) is 30.3 Å². The number of hydrogen-bond donors (Lipinski definition) is 2. The van der Waals surface area contributed by atoms with E-state index in [0.29, 0.717) is 6.04 Å². The first-order chi connectivity index (χ1) is 10.6. The maximum Gasteiger partial charge on any atom is 0.243 e. The number of halogens is 1. The van der Waals surface area contributed by atoms with Gasteiger partial charge in [0.05, 0.1) is 0 Å². The number of nitrogens with zero attached hydrogens (tertiary/aromatic N) is 2. The first kappa shape index (κ1) is 20.0. The lowest BCUT2D eigenvalue weighted by molar-refractivity contribution is -0.127. The highest BCUT2D eigenvalue weighted by atomic mass is 127. The van der Waals surface area contributed by atoms with Gasteiger partial charge in [0, 0.05) is 31.6 Å². The Bertz CT molecular complexity index is 520. The summed E-state index contributed by atoms with van der Waals surface area (Å²) in [4.78, 5) is 19.0. The number of nitrogens with one attached hydrogen (secondary N) is 2. The summed E-state index contributed by atoms with van der Waals surface area (Å²) in [5.41, 5.74) is 0. The summed E-state index contributed by atoms with van der Waals surface area (Å²) in [6.07, 6.45) is 7.32. The molecule has 7 heteroatoms. The van der Waals surface area contributed by atoms with E-state index >= 15 is 0 Å². The average molecular weight is 448 g/mol. The Morgan fingerprint density at radius 2 is 2.13 bits per heavy atom. The molecular weight excluding hydrogens is 423 g/mol. The highest BCUT2D eigenvalue weighted by molar-refractivity contribution is 14.0. The quantitative estimate of drug-likeness (QED) is 0.304. The van der Waals surface area contributed by atoms with Crippen molar-refractivity contribution in [1.29, 1.82) is 0 Å². The maximum absolute atomic E-state index is 11.7. The fraction of sp³-hybridized carbons (Fsp3) is 0.500. The fourth-order valence-electron chi connectivity index (χ4n) is 2.13. The van der Waals surface area contributed by atoms with Crippen molar-refractivity contribution in [3.05, 3.63) is 34.5 Å². The molecule has 2 rings (SSSR count). The molecule has 0 fully saturated rings. The molecule has 1 aromatic rings. The minimum Gasteiger partial charge on any atom is -0.356 e. The molecule has 5 nitrogen and oxygen atoms in total. The minimum atomic E-state index is 0. The molecule has 0 saturated heterocycles. The van der Waals surface area contributed by atoms with Crippen LogP contribution in [-0.4, -0.2) is 50.0 Å². The Hall–Kier alpha value is -1.09. The van der Waals surface area contributed by atoms with Crippen molar-refractivity contribution < 1.29 is 4.79 Å². The molecule has 1 aliphatic rings. The molecule has 0 spiro atoms.